The van der Waals surface area contributed by atoms with Crippen LogP contribution in [0.3, 0.4) is 0 Å². The van der Waals surface area contributed by atoms with Crippen LogP contribution in [0.15, 0.2) is 24.3 Å². The predicted octanol–water partition coefficient (Wildman–Crippen LogP) is 4.12. The molecule has 2 rings (SSSR count). The van der Waals surface area contributed by atoms with Crippen molar-refractivity contribution in [3.63, 3.8) is 0 Å². The molecule has 2 nitrogen and oxygen atoms in total. The van der Waals surface area contributed by atoms with Crippen LogP contribution < -0.4 is 5.73 Å². The summed E-state index contributed by atoms with van der Waals surface area (Å²) in [5.74, 6) is 0.605. The van der Waals surface area contributed by atoms with Crippen molar-refractivity contribution in [1.29, 1.82) is 0 Å². The lowest BCUT2D eigenvalue weighted by atomic mass is 9.87. The van der Waals surface area contributed by atoms with Crippen molar-refractivity contribution < 1.29 is 4.39 Å². The van der Waals surface area contributed by atoms with Crippen molar-refractivity contribution >= 4 is 0 Å². The Bertz CT molecular complexity index is 412. The summed E-state index contributed by atoms with van der Waals surface area (Å²) in [4.78, 5) is 2.39. The zero-order valence-electron chi connectivity index (χ0n) is 13.4. The van der Waals surface area contributed by atoms with E-state index in [0.29, 0.717) is 0 Å². The van der Waals surface area contributed by atoms with Gasteiger partial charge in [0.1, 0.15) is 5.82 Å². The second-order valence-electron chi connectivity index (χ2n) is 6.51. The Morgan fingerprint density at radius 2 is 1.81 bits per heavy atom. The van der Waals surface area contributed by atoms with Gasteiger partial charge < -0.3 is 5.73 Å². The van der Waals surface area contributed by atoms with E-state index >= 15 is 0 Å². The molecule has 0 saturated heterocycles. The van der Waals surface area contributed by atoms with Crippen LogP contribution in [-0.4, -0.2) is 24.5 Å². The molecule has 0 aliphatic heterocycles. The predicted molar refractivity (Wildman–Crippen MR) is 86.6 cm³/mol. The van der Waals surface area contributed by atoms with Gasteiger partial charge in [0.05, 0.1) is 0 Å². The number of nitrogens with two attached hydrogens (primary N) is 1. The van der Waals surface area contributed by atoms with Gasteiger partial charge in [0.2, 0.25) is 0 Å². The van der Waals surface area contributed by atoms with Gasteiger partial charge in [-0.25, -0.2) is 4.39 Å². The molecule has 2 N–H and O–H groups in total. The first-order valence-electron chi connectivity index (χ1n) is 8.33. The molecule has 118 valence electrons. The van der Waals surface area contributed by atoms with Gasteiger partial charge in [-0.05, 0) is 49.9 Å². The molecule has 21 heavy (non-hydrogen) atoms. The highest BCUT2D eigenvalue weighted by molar-refractivity contribution is 5.21. The van der Waals surface area contributed by atoms with Crippen LogP contribution in [0.1, 0.15) is 57.1 Å². The highest BCUT2D eigenvalue weighted by Gasteiger charge is 2.25. The normalized spacial score (nSPS) is 19.7. The molecule has 0 bridgehead atoms. The summed E-state index contributed by atoms with van der Waals surface area (Å²) < 4.78 is 13.2. The van der Waals surface area contributed by atoms with Crippen molar-refractivity contribution in [2.45, 2.75) is 57.5 Å². The average molecular weight is 292 g/mol. The number of hydrogen-bond acceptors (Lipinski definition) is 2. The SMILES string of the molecule is CCC(N)C(c1ccc(F)cc1)N(C)CC1CCCCC1. The summed E-state index contributed by atoms with van der Waals surface area (Å²) in [5.41, 5.74) is 7.49. The van der Waals surface area contributed by atoms with Gasteiger partial charge in [-0.3, -0.25) is 4.90 Å². The quantitative estimate of drug-likeness (QED) is 0.854. The molecule has 0 heterocycles. The zero-order valence-corrected chi connectivity index (χ0v) is 13.4. The molecule has 0 spiro atoms. The molecular weight excluding hydrogens is 263 g/mol. The van der Waals surface area contributed by atoms with Gasteiger partial charge in [0.15, 0.2) is 0 Å². The van der Waals surface area contributed by atoms with E-state index in [1.165, 1.54) is 32.1 Å². The fourth-order valence-electron chi connectivity index (χ4n) is 3.60. The fourth-order valence-corrected chi connectivity index (χ4v) is 3.60. The van der Waals surface area contributed by atoms with Crippen LogP contribution in [-0.2, 0) is 0 Å². The van der Waals surface area contributed by atoms with Crippen molar-refractivity contribution in [2.24, 2.45) is 11.7 Å². The lowest BCUT2D eigenvalue weighted by Crippen LogP contribution is -2.41. The maximum absolute atomic E-state index is 13.2. The Labute approximate surface area is 128 Å². The Balaban J connectivity index is 2.09. The van der Waals surface area contributed by atoms with E-state index in [4.69, 9.17) is 5.73 Å². The van der Waals surface area contributed by atoms with Crippen molar-refractivity contribution in [1.82, 2.24) is 4.90 Å². The van der Waals surface area contributed by atoms with E-state index < -0.39 is 0 Å². The highest BCUT2D eigenvalue weighted by atomic mass is 19.1. The van der Waals surface area contributed by atoms with E-state index in [9.17, 15) is 4.39 Å². The van der Waals surface area contributed by atoms with Crippen molar-refractivity contribution in [3.05, 3.63) is 35.6 Å². The number of benzene rings is 1. The molecule has 1 fully saturated rings. The van der Waals surface area contributed by atoms with Crippen LogP contribution >= 0.6 is 0 Å². The van der Waals surface area contributed by atoms with E-state index in [0.717, 1.165) is 24.4 Å². The number of nitrogens with zero attached hydrogens (tertiary/aromatic N) is 1. The average Bonchev–Trinajstić information content (AvgIpc) is 2.50. The minimum atomic E-state index is -0.183. The first-order valence-corrected chi connectivity index (χ1v) is 8.33. The number of likely N-dealkylation sites (N-methyl/N-ethyl adjacent to an activating group) is 1. The molecule has 1 aromatic carbocycles. The number of rotatable bonds is 6. The van der Waals surface area contributed by atoms with Crippen LogP contribution in [0.2, 0.25) is 0 Å². The standard InChI is InChI=1S/C18H29FN2/c1-3-17(20)18(15-9-11-16(19)12-10-15)21(2)13-14-7-5-4-6-8-14/h9-12,14,17-18H,3-8,13,20H2,1-2H3. The minimum absolute atomic E-state index is 0.0871. The topological polar surface area (TPSA) is 29.3 Å². The third-order valence-electron chi connectivity index (χ3n) is 4.83. The second-order valence-corrected chi connectivity index (χ2v) is 6.51. The molecule has 2 unspecified atom stereocenters. The van der Waals surface area contributed by atoms with Gasteiger partial charge in [-0.2, -0.15) is 0 Å². The molecule has 0 aromatic heterocycles. The molecular formula is C18H29FN2. The maximum atomic E-state index is 13.2. The minimum Gasteiger partial charge on any atom is -0.326 e. The summed E-state index contributed by atoms with van der Waals surface area (Å²) in [6, 6.07) is 7.11. The fraction of sp³-hybridized carbons (Fsp3) is 0.667. The van der Waals surface area contributed by atoms with E-state index in [2.05, 4.69) is 18.9 Å². The van der Waals surface area contributed by atoms with Crippen LogP contribution in [0.5, 0.6) is 0 Å². The third-order valence-corrected chi connectivity index (χ3v) is 4.83. The molecule has 1 saturated carbocycles. The lowest BCUT2D eigenvalue weighted by molar-refractivity contribution is 0.161. The van der Waals surface area contributed by atoms with Crippen molar-refractivity contribution in [3.8, 4) is 0 Å². The zero-order chi connectivity index (χ0) is 15.2. The number of halogens is 1. The van der Waals surface area contributed by atoms with Gasteiger partial charge in [-0.1, -0.05) is 38.3 Å². The van der Waals surface area contributed by atoms with E-state index in [-0.39, 0.29) is 17.9 Å². The molecule has 1 aliphatic rings. The second kappa shape index (κ2) is 7.90. The molecule has 1 aromatic rings. The van der Waals surface area contributed by atoms with E-state index in [1.54, 1.807) is 12.1 Å². The lowest BCUT2D eigenvalue weighted by Gasteiger charge is -2.36. The molecule has 1 aliphatic carbocycles. The summed E-state index contributed by atoms with van der Waals surface area (Å²) in [6.07, 6.45) is 7.70. The largest absolute Gasteiger partial charge is 0.326 e. The van der Waals surface area contributed by atoms with Gasteiger partial charge in [0, 0.05) is 18.6 Å². The van der Waals surface area contributed by atoms with Crippen LogP contribution in [0.25, 0.3) is 0 Å². The van der Waals surface area contributed by atoms with Gasteiger partial charge in [0.25, 0.3) is 0 Å². The smallest absolute Gasteiger partial charge is 0.123 e. The summed E-state index contributed by atoms with van der Waals surface area (Å²) in [5, 5.41) is 0. The van der Waals surface area contributed by atoms with E-state index in [1.807, 2.05) is 12.1 Å². The third kappa shape index (κ3) is 4.52. The number of hydrogen-bond donors (Lipinski definition) is 1. The molecule has 0 radical (unpaired) electrons. The Morgan fingerprint density at radius 3 is 2.38 bits per heavy atom. The molecule has 2 atom stereocenters. The molecule has 3 heteroatoms. The maximum Gasteiger partial charge on any atom is 0.123 e. The Morgan fingerprint density at radius 1 is 1.19 bits per heavy atom. The van der Waals surface area contributed by atoms with Crippen LogP contribution in [0.4, 0.5) is 4.39 Å². The molecule has 0 amide bonds. The van der Waals surface area contributed by atoms with Gasteiger partial charge in [-0.15, -0.1) is 0 Å². The first-order chi connectivity index (χ1) is 10.1. The summed E-state index contributed by atoms with van der Waals surface area (Å²) in [6.45, 7) is 3.21. The monoisotopic (exact) mass is 292 g/mol. The summed E-state index contributed by atoms with van der Waals surface area (Å²) >= 11 is 0. The Kier molecular flexibility index (Phi) is 6.19. The summed E-state index contributed by atoms with van der Waals surface area (Å²) in [7, 11) is 2.16. The first kappa shape index (κ1) is 16.4. The van der Waals surface area contributed by atoms with Gasteiger partial charge >= 0.3 is 0 Å². The van der Waals surface area contributed by atoms with Crippen molar-refractivity contribution in [2.75, 3.05) is 13.6 Å². The highest BCUT2D eigenvalue weighted by Crippen LogP contribution is 2.29. The Hall–Kier alpha value is -0.930. The van der Waals surface area contributed by atoms with Crippen LogP contribution in [0, 0.1) is 11.7 Å².